The quantitative estimate of drug-likeness (QED) is 0.217. The standard InChI is InChI=1S/C38H23N3O2/c1-2-8-29-24(6-1)7-3-9-30(29)25-12-14-26(15-13-25)41(27-17-19-33-32(22-27)38-35(42-33)11-5-21-40-38)28-16-18-31-36(23-28)43-34-10-4-20-39-37(31)34/h1-23H. The van der Waals surface area contributed by atoms with E-state index in [2.05, 4.69) is 112 Å². The second kappa shape index (κ2) is 9.29. The van der Waals surface area contributed by atoms with Gasteiger partial charge in [-0.05, 0) is 88.6 Å². The Kier molecular flexibility index (Phi) is 5.13. The van der Waals surface area contributed by atoms with Gasteiger partial charge in [0.05, 0.1) is 0 Å². The number of pyridine rings is 2. The molecule has 0 unspecified atom stereocenters. The zero-order chi connectivity index (χ0) is 28.3. The number of rotatable bonds is 4. The van der Waals surface area contributed by atoms with Crippen LogP contribution in [0.4, 0.5) is 17.1 Å². The van der Waals surface area contributed by atoms with Crippen LogP contribution in [-0.4, -0.2) is 9.97 Å². The molecule has 0 saturated heterocycles. The summed E-state index contributed by atoms with van der Waals surface area (Å²) >= 11 is 0. The molecule has 0 amide bonds. The number of fused-ring (bicyclic) bond motifs is 7. The van der Waals surface area contributed by atoms with Crippen LogP contribution in [0.5, 0.6) is 0 Å². The summed E-state index contributed by atoms with van der Waals surface area (Å²) in [4.78, 5) is 11.4. The summed E-state index contributed by atoms with van der Waals surface area (Å²) in [6.45, 7) is 0. The summed E-state index contributed by atoms with van der Waals surface area (Å²) in [5.74, 6) is 0. The van der Waals surface area contributed by atoms with Crippen LogP contribution in [0.25, 0.3) is 66.0 Å². The van der Waals surface area contributed by atoms with E-state index >= 15 is 0 Å². The maximum atomic E-state index is 6.23. The average Bonchev–Trinajstić information content (AvgIpc) is 3.63. The fourth-order valence-electron chi connectivity index (χ4n) is 6.16. The molecule has 5 aromatic carbocycles. The Bertz CT molecular complexity index is 2470. The van der Waals surface area contributed by atoms with Crippen LogP contribution in [0.2, 0.25) is 0 Å². The van der Waals surface area contributed by atoms with Gasteiger partial charge in [-0.3, -0.25) is 9.97 Å². The normalized spacial score (nSPS) is 11.7. The maximum Gasteiger partial charge on any atom is 0.153 e. The van der Waals surface area contributed by atoms with Gasteiger partial charge in [0, 0.05) is 46.3 Å². The first-order chi connectivity index (χ1) is 21.3. The second-order valence-corrected chi connectivity index (χ2v) is 10.7. The van der Waals surface area contributed by atoms with Gasteiger partial charge in [0.1, 0.15) is 22.2 Å². The first kappa shape index (κ1) is 23.7. The molecule has 0 bridgehead atoms. The minimum atomic E-state index is 0.775. The number of benzene rings is 5. The molecule has 0 spiro atoms. The highest BCUT2D eigenvalue weighted by Gasteiger charge is 2.18. The van der Waals surface area contributed by atoms with Crippen molar-refractivity contribution in [3.63, 3.8) is 0 Å². The van der Waals surface area contributed by atoms with Crippen LogP contribution in [0, 0.1) is 0 Å². The van der Waals surface area contributed by atoms with E-state index in [0.717, 1.165) is 61.2 Å². The number of nitrogens with zero attached hydrogens (tertiary/aromatic N) is 3. The van der Waals surface area contributed by atoms with Gasteiger partial charge in [0.25, 0.3) is 0 Å². The molecule has 0 aliphatic heterocycles. The Balaban J connectivity index is 1.23. The largest absolute Gasteiger partial charge is 0.454 e. The van der Waals surface area contributed by atoms with E-state index in [1.165, 1.54) is 21.9 Å². The van der Waals surface area contributed by atoms with Crippen molar-refractivity contribution in [2.24, 2.45) is 0 Å². The fourth-order valence-corrected chi connectivity index (χ4v) is 6.16. The molecule has 5 heteroatoms. The van der Waals surface area contributed by atoms with Crippen LogP contribution >= 0.6 is 0 Å². The Labute approximate surface area is 246 Å². The summed E-state index contributed by atoms with van der Waals surface area (Å²) in [6.07, 6.45) is 3.60. The van der Waals surface area contributed by atoms with Crippen molar-refractivity contribution in [3.8, 4) is 11.1 Å². The molecule has 0 N–H and O–H groups in total. The Morgan fingerprint density at radius 2 is 1.12 bits per heavy atom. The van der Waals surface area contributed by atoms with Crippen LogP contribution in [0.15, 0.2) is 149 Å². The fraction of sp³-hybridized carbons (Fsp3) is 0. The Hall–Kier alpha value is -5.94. The monoisotopic (exact) mass is 553 g/mol. The van der Waals surface area contributed by atoms with Crippen molar-refractivity contribution in [2.75, 3.05) is 4.90 Å². The molecule has 43 heavy (non-hydrogen) atoms. The topological polar surface area (TPSA) is 55.3 Å². The molecule has 0 radical (unpaired) electrons. The number of hydrogen-bond donors (Lipinski definition) is 0. The molecule has 9 aromatic rings. The highest BCUT2D eigenvalue weighted by atomic mass is 16.3. The average molecular weight is 554 g/mol. The lowest BCUT2D eigenvalue weighted by molar-refractivity contribution is 0.667. The van der Waals surface area contributed by atoms with Crippen molar-refractivity contribution in [1.82, 2.24) is 9.97 Å². The lowest BCUT2D eigenvalue weighted by Crippen LogP contribution is -2.09. The molecular weight excluding hydrogens is 530 g/mol. The van der Waals surface area contributed by atoms with Gasteiger partial charge in [0.15, 0.2) is 11.2 Å². The third-order valence-corrected chi connectivity index (χ3v) is 8.16. The predicted molar refractivity (Wildman–Crippen MR) is 174 cm³/mol. The summed E-state index contributed by atoms with van der Waals surface area (Å²) in [5, 5.41) is 4.43. The van der Waals surface area contributed by atoms with E-state index in [9.17, 15) is 0 Å². The van der Waals surface area contributed by atoms with E-state index in [4.69, 9.17) is 8.83 Å². The first-order valence-electron chi connectivity index (χ1n) is 14.2. The summed E-state index contributed by atoms with van der Waals surface area (Å²) in [7, 11) is 0. The van der Waals surface area contributed by atoms with Gasteiger partial charge < -0.3 is 13.7 Å². The Morgan fingerprint density at radius 3 is 1.95 bits per heavy atom. The van der Waals surface area contributed by atoms with E-state index < -0.39 is 0 Å². The summed E-state index contributed by atoms with van der Waals surface area (Å²) in [5.41, 5.74) is 10.2. The van der Waals surface area contributed by atoms with Crippen LogP contribution < -0.4 is 4.90 Å². The number of aromatic nitrogens is 2. The molecule has 0 fully saturated rings. The number of anilines is 3. The van der Waals surface area contributed by atoms with Gasteiger partial charge in [0.2, 0.25) is 0 Å². The van der Waals surface area contributed by atoms with Crippen LogP contribution in [0.1, 0.15) is 0 Å². The SMILES string of the molecule is c1ccc2c(-c3ccc(N(c4ccc5c(c4)oc4cccnc45)c4ccc5oc6cccnc6c5c4)cc3)cccc2c1. The van der Waals surface area contributed by atoms with Crippen LogP contribution in [-0.2, 0) is 0 Å². The summed E-state index contributed by atoms with van der Waals surface area (Å²) in [6, 6.07) is 44.0. The molecule has 202 valence electrons. The summed E-state index contributed by atoms with van der Waals surface area (Å²) < 4.78 is 12.3. The molecule has 9 rings (SSSR count). The maximum absolute atomic E-state index is 6.23. The zero-order valence-corrected chi connectivity index (χ0v) is 22.9. The second-order valence-electron chi connectivity index (χ2n) is 10.7. The highest BCUT2D eigenvalue weighted by Crippen LogP contribution is 2.41. The molecule has 0 saturated carbocycles. The van der Waals surface area contributed by atoms with Crippen LogP contribution in [0.3, 0.4) is 0 Å². The molecule has 4 aromatic heterocycles. The van der Waals surface area contributed by atoms with E-state index in [0.29, 0.717) is 0 Å². The molecule has 0 atom stereocenters. The third-order valence-electron chi connectivity index (χ3n) is 8.16. The van der Waals surface area contributed by atoms with Crippen molar-refractivity contribution in [1.29, 1.82) is 0 Å². The number of furan rings is 2. The van der Waals surface area contributed by atoms with Gasteiger partial charge in [-0.25, -0.2) is 0 Å². The van der Waals surface area contributed by atoms with Gasteiger partial charge in [-0.15, -0.1) is 0 Å². The van der Waals surface area contributed by atoms with Gasteiger partial charge >= 0.3 is 0 Å². The highest BCUT2D eigenvalue weighted by molar-refractivity contribution is 6.06. The third kappa shape index (κ3) is 3.79. The Morgan fingerprint density at radius 1 is 0.442 bits per heavy atom. The van der Waals surface area contributed by atoms with Gasteiger partial charge in [-0.1, -0.05) is 54.6 Å². The molecule has 0 aliphatic rings. The lowest BCUT2D eigenvalue weighted by atomic mass is 9.98. The van der Waals surface area contributed by atoms with E-state index in [1.807, 2.05) is 30.3 Å². The van der Waals surface area contributed by atoms with E-state index in [-0.39, 0.29) is 0 Å². The molecular formula is C38H23N3O2. The van der Waals surface area contributed by atoms with Crippen molar-refractivity contribution in [2.45, 2.75) is 0 Å². The molecule has 5 nitrogen and oxygen atoms in total. The molecule has 0 aliphatic carbocycles. The number of hydrogen-bond acceptors (Lipinski definition) is 5. The van der Waals surface area contributed by atoms with E-state index in [1.54, 1.807) is 12.4 Å². The first-order valence-corrected chi connectivity index (χ1v) is 14.2. The lowest BCUT2D eigenvalue weighted by Gasteiger charge is -2.25. The zero-order valence-electron chi connectivity index (χ0n) is 22.9. The molecule has 4 heterocycles. The minimum Gasteiger partial charge on any atom is -0.454 e. The van der Waals surface area contributed by atoms with Crippen molar-refractivity contribution < 1.29 is 8.83 Å². The van der Waals surface area contributed by atoms with Crippen molar-refractivity contribution >= 4 is 72.0 Å². The van der Waals surface area contributed by atoms with Crippen molar-refractivity contribution in [3.05, 3.63) is 140 Å². The van der Waals surface area contributed by atoms with Gasteiger partial charge in [-0.2, -0.15) is 0 Å². The predicted octanol–water partition coefficient (Wildman–Crippen LogP) is 10.6. The minimum absolute atomic E-state index is 0.775. The smallest absolute Gasteiger partial charge is 0.153 e.